The Morgan fingerprint density at radius 1 is 1.05 bits per heavy atom. The molecule has 4 nitrogen and oxygen atoms in total. The maximum absolute atomic E-state index is 12.9. The van der Waals surface area contributed by atoms with Crippen molar-refractivity contribution in [3.63, 3.8) is 0 Å². The van der Waals surface area contributed by atoms with Gasteiger partial charge < -0.3 is 9.47 Å². The molecule has 22 heavy (non-hydrogen) atoms. The molecule has 1 aromatic carbocycles. The smallest absolute Gasteiger partial charge is 0.306 e. The van der Waals surface area contributed by atoms with Gasteiger partial charge in [-0.3, -0.25) is 9.59 Å². The summed E-state index contributed by atoms with van der Waals surface area (Å²) in [4.78, 5) is 22.9. The predicted molar refractivity (Wildman–Crippen MR) is 80.5 cm³/mol. The van der Waals surface area contributed by atoms with Gasteiger partial charge in [-0.2, -0.15) is 0 Å². The highest BCUT2D eigenvalue weighted by molar-refractivity contribution is 5.77. The number of rotatable bonds is 10. The van der Waals surface area contributed by atoms with E-state index in [4.69, 9.17) is 9.47 Å². The molecule has 0 aliphatic heterocycles. The van der Waals surface area contributed by atoms with Crippen molar-refractivity contribution in [3.8, 4) is 0 Å². The highest BCUT2D eigenvalue weighted by Crippen LogP contribution is 2.06. The largest absolute Gasteiger partial charge is 0.466 e. The van der Waals surface area contributed by atoms with Gasteiger partial charge in [0.1, 0.15) is 12.4 Å². The number of hydrogen-bond acceptors (Lipinski definition) is 4. The molecule has 0 bridgehead atoms. The zero-order valence-corrected chi connectivity index (χ0v) is 13.0. The number of hydrogen-bond donors (Lipinski definition) is 0. The summed E-state index contributed by atoms with van der Waals surface area (Å²) >= 11 is 0. The first-order chi connectivity index (χ1) is 10.6. The third-order valence-corrected chi connectivity index (χ3v) is 3.08. The van der Waals surface area contributed by atoms with Crippen LogP contribution in [0.4, 0.5) is 4.39 Å². The van der Waals surface area contributed by atoms with Crippen LogP contribution >= 0.6 is 0 Å². The first kappa shape index (κ1) is 18.1. The Bertz CT molecular complexity index is 473. The van der Waals surface area contributed by atoms with Gasteiger partial charge in [-0.05, 0) is 24.1 Å². The molecule has 0 aromatic heterocycles. The van der Waals surface area contributed by atoms with E-state index in [0.29, 0.717) is 12.2 Å². The lowest BCUT2D eigenvalue weighted by Gasteiger charge is -2.06. The van der Waals surface area contributed by atoms with Gasteiger partial charge >= 0.3 is 11.9 Å². The van der Waals surface area contributed by atoms with E-state index in [-0.39, 0.29) is 31.2 Å². The number of carbonyl (C=O) groups is 2. The second kappa shape index (κ2) is 10.8. The highest BCUT2D eigenvalue weighted by Gasteiger charge is 2.09. The summed E-state index contributed by atoms with van der Waals surface area (Å²) in [6.45, 7) is 2.52. The Morgan fingerprint density at radius 2 is 1.77 bits per heavy atom. The van der Waals surface area contributed by atoms with Crippen molar-refractivity contribution in [1.29, 1.82) is 0 Å². The number of benzene rings is 1. The summed E-state index contributed by atoms with van der Waals surface area (Å²) in [5.74, 6) is -1.26. The third-order valence-electron chi connectivity index (χ3n) is 3.08. The van der Waals surface area contributed by atoms with Gasteiger partial charge in [-0.25, -0.2) is 4.39 Å². The van der Waals surface area contributed by atoms with E-state index in [1.807, 2.05) is 0 Å². The molecule has 0 amide bonds. The summed E-state index contributed by atoms with van der Waals surface area (Å²) in [7, 11) is 0. The van der Waals surface area contributed by atoms with Crippen LogP contribution in [-0.2, 0) is 25.7 Å². The lowest BCUT2D eigenvalue weighted by atomic mass is 10.2. The number of carbonyl (C=O) groups excluding carboxylic acids is 2. The Hall–Kier alpha value is -1.91. The van der Waals surface area contributed by atoms with Crippen LogP contribution in [-0.4, -0.2) is 18.5 Å². The summed E-state index contributed by atoms with van der Waals surface area (Å²) < 4.78 is 22.9. The van der Waals surface area contributed by atoms with Crippen molar-refractivity contribution in [2.24, 2.45) is 0 Å². The zero-order valence-electron chi connectivity index (χ0n) is 13.0. The molecule has 1 aromatic rings. The molecule has 0 aliphatic carbocycles. The van der Waals surface area contributed by atoms with Gasteiger partial charge in [0.15, 0.2) is 0 Å². The van der Waals surface area contributed by atoms with Gasteiger partial charge in [0, 0.05) is 0 Å². The van der Waals surface area contributed by atoms with Crippen molar-refractivity contribution in [2.75, 3.05) is 6.61 Å². The van der Waals surface area contributed by atoms with Crippen LogP contribution in [0.3, 0.4) is 0 Å². The zero-order chi connectivity index (χ0) is 16.2. The SMILES string of the molecule is CCCCCCOC(=O)CCC(=O)OCc1cccc(F)c1. The molecule has 0 heterocycles. The quantitative estimate of drug-likeness (QED) is 0.487. The third kappa shape index (κ3) is 8.39. The number of esters is 2. The molecule has 0 saturated heterocycles. The summed E-state index contributed by atoms with van der Waals surface area (Å²) in [5, 5.41) is 0. The van der Waals surface area contributed by atoms with Crippen molar-refractivity contribution in [1.82, 2.24) is 0 Å². The highest BCUT2D eigenvalue weighted by atomic mass is 19.1. The number of unbranched alkanes of at least 4 members (excludes halogenated alkanes) is 3. The fourth-order valence-corrected chi connectivity index (χ4v) is 1.85. The summed E-state index contributed by atoms with van der Waals surface area (Å²) in [6.07, 6.45) is 4.14. The average molecular weight is 310 g/mol. The molecule has 0 saturated carbocycles. The topological polar surface area (TPSA) is 52.6 Å². The van der Waals surface area contributed by atoms with Gasteiger partial charge in [0.05, 0.1) is 19.4 Å². The second-order valence-corrected chi connectivity index (χ2v) is 5.07. The Morgan fingerprint density at radius 3 is 2.45 bits per heavy atom. The van der Waals surface area contributed by atoms with Crippen LogP contribution in [0.5, 0.6) is 0 Å². The van der Waals surface area contributed by atoms with Crippen molar-refractivity contribution in [3.05, 3.63) is 35.6 Å². The van der Waals surface area contributed by atoms with E-state index in [1.165, 1.54) is 12.1 Å². The lowest BCUT2D eigenvalue weighted by molar-refractivity contribution is -0.151. The molecule has 0 spiro atoms. The van der Waals surface area contributed by atoms with Crippen molar-refractivity contribution < 1.29 is 23.5 Å². The molecule has 0 unspecified atom stereocenters. The van der Waals surface area contributed by atoms with Crippen LogP contribution in [0.1, 0.15) is 51.0 Å². The molecule has 0 atom stereocenters. The maximum atomic E-state index is 12.9. The number of ether oxygens (including phenoxy) is 2. The normalized spacial score (nSPS) is 10.3. The second-order valence-electron chi connectivity index (χ2n) is 5.07. The first-order valence-electron chi connectivity index (χ1n) is 7.67. The summed E-state index contributed by atoms with van der Waals surface area (Å²) in [5.41, 5.74) is 0.576. The van der Waals surface area contributed by atoms with Crippen LogP contribution in [0.15, 0.2) is 24.3 Å². The lowest BCUT2D eigenvalue weighted by Crippen LogP contribution is -2.11. The summed E-state index contributed by atoms with van der Waals surface area (Å²) in [6, 6.07) is 5.84. The van der Waals surface area contributed by atoms with Crippen molar-refractivity contribution in [2.45, 2.75) is 52.1 Å². The molecule has 0 fully saturated rings. The monoisotopic (exact) mass is 310 g/mol. The van der Waals surface area contributed by atoms with Crippen molar-refractivity contribution >= 4 is 11.9 Å². The molecule has 122 valence electrons. The molecule has 1 rings (SSSR count). The van der Waals surface area contributed by atoms with E-state index in [9.17, 15) is 14.0 Å². The first-order valence-corrected chi connectivity index (χ1v) is 7.67. The standard InChI is InChI=1S/C17H23FO4/c1-2-3-4-5-11-21-16(19)9-10-17(20)22-13-14-7-6-8-15(18)12-14/h6-8,12H,2-5,9-11,13H2,1H3. The molecular formula is C17H23FO4. The molecule has 0 radical (unpaired) electrons. The van der Waals surface area contributed by atoms with Crippen LogP contribution in [0, 0.1) is 5.82 Å². The van der Waals surface area contributed by atoms with Gasteiger partial charge in [0.25, 0.3) is 0 Å². The molecule has 0 aliphatic rings. The Balaban J connectivity index is 2.11. The molecule has 5 heteroatoms. The van der Waals surface area contributed by atoms with E-state index in [2.05, 4.69) is 6.92 Å². The molecular weight excluding hydrogens is 287 g/mol. The minimum absolute atomic E-state index is 0.00264. The Kier molecular flexibility index (Phi) is 8.88. The molecule has 0 N–H and O–H groups in total. The Labute approximate surface area is 130 Å². The van der Waals surface area contributed by atoms with Gasteiger partial charge in [-0.15, -0.1) is 0 Å². The fraction of sp³-hybridized carbons (Fsp3) is 0.529. The van der Waals surface area contributed by atoms with E-state index in [1.54, 1.807) is 12.1 Å². The van der Waals surface area contributed by atoms with E-state index >= 15 is 0 Å². The minimum atomic E-state index is -0.493. The van der Waals surface area contributed by atoms with Gasteiger partial charge in [-0.1, -0.05) is 38.3 Å². The van der Waals surface area contributed by atoms with Crippen LogP contribution < -0.4 is 0 Å². The van der Waals surface area contributed by atoms with E-state index < -0.39 is 5.97 Å². The fourth-order valence-electron chi connectivity index (χ4n) is 1.85. The minimum Gasteiger partial charge on any atom is -0.466 e. The van der Waals surface area contributed by atoms with Gasteiger partial charge in [0.2, 0.25) is 0 Å². The van der Waals surface area contributed by atoms with Crippen LogP contribution in [0.2, 0.25) is 0 Å². The van der Waals surface area contributed by atoms with E-state index in [0.717, 1.165) is 25.7 Å². The number of halogens is 1. The maximum Gasteiger partial charge on any atom is 0.306 e. The predicted octanol–water partition coefficient (Wildman–Crippen LogP) is 3.77. The average Bonchev–Trinajstić information content (AvgIpc) is 2.51. The van der Waals surface area contributed by atoms with Crippen LogP contribution in [0.25, 0.3) is 0 Å².